The first kappa shape index (κ1) is 13.9. The molecular weight excluding hydrogens is 285 g/mol. The quantitative estimate of drug-likeness (QED) is 0.804. The fraction of sp³-hybridized carbons (Fsp3) is 0.0625. The monoisotopic (exact) mass is 297 g/mol. The third-order valence-corrected chi connectivity index (χ3v) is 3.01. The molecule has 22 heavy (non-hydrogen) atoms. The molecule has 0 fully saturated rings. The molecular formula is C16H12FN3O2. The van der Waals surface area contributed by atoms with Gasteiger partial charge in [-0.25, -0.2) is 4.39 Å². The number of anilines is 1. The van der Waals surface area contributed by atoms with Crippen LogP contribution in [0.5, 0.6) is 0 Å². The van der Waals surface area contributed by atoms with Gasteiger partial charge in [0, 0.05) is 12.6 Å². The lowest BCUT2D eigenvalue weighted by atomic mass is 10.1. The normalized spacial score (nSPS) is 10.5. The van der Waals surface area contributed by atoms with Gasteiger partial charge in [-0.05, 0) is 30.3 Å². The van der Waals surface area contributed by atoms with E-state index in [2.05, 4.69) is 15.5 Å². The maximum absolute atomic E-state index is 13.2. The summed E-state index contributed by atoms with van der Waals surface area (Å²) in [6, 6.07) is 12.6. The summed E-state index contributed by atoms with van der Waals surface area (Å²) < 4.78 is 18.5. The molecule has 0 aliphatic rings. The van der Waals surface area contributed by atoms with Gasteiger partial charge in [0.05, 0.1) is 11.1 Å². The number of benzene rings is 2. The minimum Gasteiger partial charge on any atom is -0.421 e. The van der Waals surface area contributed by atoms with Crippen molar-refractivity contribution in [3.8, 4) is 11.5 Å². The average molecular weight is 297 g/mol. The Morgan fingerprint density at radius 2 is 1.95 bits per heavy atom. The summed E-state index contributed by atoms with van der Waals surface area (Å²) in [7, 11) is 0. The number of amides is 1. The highest BCUT2D eigenvalue weighted by atomic mass is 19.1. The molecule has 0 unspecified atom stereocenters. The van der Waals surface area contributed by atoms with Gasteiger partial charge >= 0.3 is 0 Å². The minimum absolute atomic E-state index is 0.266. The zero-order valence-electron chi connectivity index (χ0n) is 11.7. The molecule has 0 aliphatic carbocycles. The summed E-state index contributed by atoms with van der Waals surface area (Å²) in [6.45, 7) is 1.67. The largest absolute Gasteiger partial charge is 0.421 e. The number of nitrogens with one attached hydrogen (secondary N) is 1. The summed E-state index contributed by atoms with van der Waals surface area (Å²) >= 11 is 0. The van der Waals surface area contributed by atoms with E-state index in [1.54, 1.807) is 37.3 Å². The molecule has 1 aromatic heterocycles. The van der Waals surface area contributed by atoms with Crippen molar-refractivity contribution in [3.05, 3.63) is 65.8 Å². The Morgan fingerprint density at radius 1 is 1.14 bits per heavy atom. The molecule has 1 heterocycles. The zero-order valence-corrected chi connectivity index (χ0v) is 11.7. The second-order valence-electron chi connectivity index (χ2n) is 4.64. The standard InChI is InChI=1S/C16H12FN3O2/c1-10-19-20-16(22-10)14-8-3-2-7-13(14)15(21)18-12-6-4-5-11(17)9-12/h2-9H,1H3,(H,18,21). The SMILES string of the molecule is Cc1nnc(-c2ccccc2C(=O)Nc2cccc(F)c2)o1. The van der Waals surface area contributed by atoms with E-state index in [4.69, 9.17) is 4.42 Å². The Bertz CT molecular complexity index is 830. The maximum atomic E-state index is 13.2. The molecule has 6 heteroatoms. The van der Waals surface area contributed by atoms with E-state index in [0.717, 1.165) is 0 Å². The molecule has 0 radical (unpaired) electrons. The van der Waals surface area contributed by atoms with Crippen LogP contribution < -0.4 is 5.32 Å². The summed E-state index contributed by atoms with van der Waals surface area (Å²) in [4.78, 5) is 12.4. The molecule has 0 bridgehead atoms. The third-order valence-electron chi connectivity index (χ3n) is 3.01. The molecule has 0 saturated heterocycles. The van der Waals surface area contributed by atoms with Gasteiger partial charge in [0.25, 0.3) is 5.91 Å². The van der Waals surface area contributed by atoms with Gasteiger partial charge in [-0.2, -0.15) is 0 Å². The van der Waals surface area contributed by atoms with Gasteiger partial charge in [0.2, 0.25) is 11.8 Å². The van der Waals surface area contributed by atoms with Crippen LogP contribution in [0, 0.1) is 12.7 Å². The Hall–Kier alpha value is -3.02. The van der Waals surface area contributed by atoms with Crippen LogP contribution in [0.25, 0.3) is 11.5 Å². The van der Waals surface area contributed by atoms with Crippen molar-refractivity contribution in [2.45, 2.75) is 6.92 Å². The van der Waals surface area contributed by atoms with Crippen molar-refractivity contribution in [3.63, 3.8) is 0 Å². The highest BCUT2D eigenvalue weighted by molar-refractivity contribution is 6.08. The van der Waals surface area contributed by atoms with Gasteiger partial charge in [-0.1, -0.05) is 18.2 Å². The number of halogens is 1. The van der Waals surface area contributed by atoms with Gasteiger partial charge in [0.15, 0.2) is 0 Å². The maximum Gasteiger partial charge on any atom is 0.256 e. The molecule has 0 aliphatic heterocycles. The van der Waals surface area contributed by atoms with Crippen LogP contribution in [-0.4, -0.2) is 16.1 Å². The lowest BCUT2D eigenvalue weighted by molar-refractivity contribution is 0.102. The third kappa shape index (κ3) is 2.85. The number of carbonyl (C=O) groups excluding carboxylic acids is 1. The topological polar surface area (TPSA) is 68.0 Å². The second-order valence-corrected chi connectivity index (χ2v) is 4.64. The van der Waals surface area contributed by atoms with E-state index in [1.807, 2.05) is 0 Å². The van der Waals surface area contributed by atoms with E-state index < -0.39 is 5.82 Å². The predicted octanol–water partition coefficient (Wildman–Crippen LogP) is 3.44. The Balaban J connectivity index is 1.93. The summed E-state index contributed by atoms with van der Waals surface area (Å²) in [5, 5.41) is 10.3. The molecule has 1 amide bonds. The Morgan fingerprint density at radius 3 is 2.68 bits per heavy atom. The van der Waals surface area contributed by atoms with E-state index in [0.29, 0.717) is 22.7 Å². The zero-order chi connectivity index (χ0) is 15.5. The van der Waals surface area contributed by atoms with Gasteiger partial charge < -0.3 is 9.73 Å². The minimum atomic E-state index is -0.418. The van der Waals surface area contributed by atoms with Crippen molar-refractivity contribution in [2.24, 2.45) is 0 Å². The molecule has 3 rings (SSSR count). The number of aromatic nitrogens is 2. The molecule has 2 aromatic carbocycles. The van der Waals surface area contributed by atoms with Crippen LogP contribution in [0.1, 0.15) is 16.2 Å². The molecule has 5 nitrogen and oxygen atoms in total. The van der Waals surface area contributed by atoms with Crippen LogP contribution in [-0.2, 0) is 0 Å². The first-order valence-electron chi connectivity index (χ1n) is 6.60. The lowest BCUT2D eigenvalue weighted by Gasteiger charge is -2.08. The number of hydrogen-bond acceptors (Lipinski definition) is 4. The van der Waals surface area contributed by atoms with Gasteiger partial charge in [-0.15, -0.1) is 10.2 Å². The fourth-order valence-electron chi connectivity index (χ4n) is 2.04. The van der Waals surface area contributed by atoms with Crippen LogP contribution in [0.4, 0.5) is 10.1 Å². The molecule has 1 N–H and O–H groups in total. The molecule has 3 aromatic rings. The van der Waals surface area contributed by atoms with E-state index >= 15 is 0 Å². The number of rotatable bonds is 3. The van der Waals surface area contributed by atoms with Crippen molar-refractivity contribution in [2.75, 3.05) is 5.32 Å². The van der Waals surface area contributed by atoms with Crippen LogP contribution in [0.2, 0.25) is 0 Å². The van der Waals surface area contributed by atoms with Crippen molar-refractivity contribution >= 4 is 11.6 Å². The summed E-state index contributed by atoms with van der Waals surface area (Å²) in [5.41, 5.74) is 1.27. The summed E-state index contributed by atoms with van der Waals surface area (Å²) in [6.07, 6.45) is 0. The molecule has 110 valence electrons. The van der Waals surface area contributed by atoms with E-state index in [-0.39, 0.29) is 11.8 Å². The smallest absolute Gasteiger partial charge is 0.256 e. The second kappa shape index (κ2) is 5.77. The number of carbonyl (C=O) groups is 1. The fourth-order valence-corrected chi connectivity index (χ4v) is 2.04. The molecule has 0 saturated carbocycles. The molecule has 0 atom stereocenters. The van der Waals surface area contributed by atoms with E-state index in [9.17, 15) is 9.18 Å². The lowest BCUT2D eigenvalue weighted by Crippen LogP contribution is -2.13. The van der Waals surface area contributed by atoms with Crippen molar-refractivity contribution in [1.82, 2.24) is 10.2 Å². The number of hydrogen-bond donors (Lipinski definition) is 1. The van der Waals surface area contributed by atoms with E-state index in [1.165, 1.54) is 18.2 Å². The first-order valence-corrected chi connectivity index (χ1v) is 6.60. The Kier molecular flexibility index (Phi) is 3.65. The van der Waals surface area contributed by atoms with Crippen LogP contribution in [0.3, 0.4) is 0 Å². The molecule has 0 spiro atoms. The number of nitrogens with zero attached hydrogens (tertiary/aromatic N) is 2. The van der Waals surface area contributed by atoms with Crippen LogP contribution >= 0.6 is 0 Å². The highest BCUT2D eigenvalue weighted by Gasteiger charge is 2.16. The predicted molar refractivity (Wildman–Crippen MR) is 78.8 cm³/mol. The van der Waals surface area contributed by atoms with Crippen molar-refractivity contribution in [1.29, 1.82) is 0 Å². The summed E-state index contributed by atoms with van der Waals surface area (Å²) in [5.74, 6) is -0.117. The van der Waals surface area contributed by atoms with Crippen LogP contribution in [0.15, 0.2) is 52.9 Å². The van der Waals surface area contributed by atoms with Gasteiger partial charge in [0.1, 0.15) is 5.82 Å². The average Bonchev–Trinajstić information content (AvgIpc) is 2.94. The van der Waals surface area contributed by atoms with Crippen molar-refractivity contribution < 1.29 is 13.6 Å². The number of aryl methyl sites for hydroxylation is 1. The highest BCUT2D eigenvalue weighted by Crippen LogP contribution is 2.23. The first-order chi connectivity index (χ1) is 10.6. The Labute approximate surface area is 125 Å². The van der Waals surface area contributed by atoms with Gasteiger partial charge in [-0.3, -0.25) is 4.79 Å².